The monoisotopic (exact) mass is 1090 g/mol. The van der Waals surface area contributed by atoms with E-state index in [4.69, 9.17) is 13.8 Å². The van der Waals surface area contributed by atoms with E-state index < -0.39 is 26.6 Å². The van der Waals surface area contributed by atoms with Crippen LogP contribution in [0.2, 0.25) is 0 Å². The Bertz CT molecular complexity index is 1490. The van der Waals surface area contributed by atoms with Crippen molar-refractivity contribution in [1.82, 2.24) is 5.32 Å². The Labute approximate surface area is 471 Å². The Morgan fingerprint density at radius 2 is 0.842 bits per heavy atom. The summed E-state index contributed by atoms with van der Waals surface area (Å²) < 4.78 is 30.3. The molecule has 1 N–H and O–H groups in total. The highest BCUT2D eigenvalue weighted by Gasteiger charge is 2.27. The molecule has 10 heteroatoms. The molecule has 3 atom stereocenters. The van der Waals surface area contributed by atoms with Crippen molar-refractivity contribution in [3.05, 3.63) is 60.8 Å². The number of rotatable bonds is 58. The third kappa shape index (κ3) is 56.4. The number of ether oxygens (including phenoxy) is 1. The molecule has 0 spiro atoms. The number of amides is 1. The van der Waals surface area contributed by atoms with Crippen LogP contribution in [0.5, 0.6) is 0 Å². The summed E-state index contributed by atoms with van der Waals surface area (Å²) in [4.78, 5) is 40.0. The number of carbonyl (C=O) groups is 2. The van der Waals surface area contributed by atoms with E-state index in [9.17, 15) is 19.0 Å². The normalized spacial score (nSPS) is 14.0. The van der Waals surface area contributed by atoms with Crippen LogP contribution in [0.4, 0.5) is 0 Å². The number of hydrogen-bond donors (Lipinski definition) is 1. The molecular weight excluding hydrogens is 964 g/mol. The molecule has 0 aromatic carbocycles. The molecule has 0 aliphatic rings. The number of phosphoric ester groups is 1. The Hall–Kier alpha value is -2.29. The molecule has 444 valence electrons. The molecule has 3 unspecified atom stereocenters. The summed E-state index contributed by atoms with van der Waals surface area (Å²) in [5.41, 5.74) is 0. The minimum Gasteiger partial charge on any atom is -0.756 e. The predicted octanol–water partition coefficient (Wildman–Crippen LogP) is 19.2. The van der Waals surface area contributed by atoms with Crippen LogP contribution in [-0.2, 0) is 27.9 Å². The SMILES string of the molecule is CC/C=C/C/C=C/C/C=C/CCCCCCC(=O)OC(/C=C\CCCCCCCCCCCCC)C(COP(=O)([O-])OCC[N+](C)(C)C)NC(=O)CCCCCCCCCCCCCCC/C=C/CCCCCCCC. The van der Waals surface area contributed by atoms with Crippen LogP contribution in [0.3, 0.4) is 0 Å². The number of nitrogens with zero attached hydrogens (tertiary/aromatic N) is 1. The summed E-state index contributed by atoms with van der Waals surface area (Å²) in [5, 5.41) is 3.03. The lowest BCUT2D eigenvalue weighted by molar-refractivity contribution is -0.870. The summed E-state index contributed by atoms with van der Waals surface area (Å²) in [5.74, 6) is -0.560. The van der Waals surface area contributed by atoms with E-state index in [-0.39, 0.29) is 24.9 Å². The van der Waals surface area contributed by atoms with Gasteiger partial charge in [-0.25, -0.2) is 0 Å². The van der Waals surface area contributed by atoms with E-state index in [0.29, 0.717) is 23.9 Å². The van der Waals surface area contributed by atoms with Gasteiger partial charge in [0.2, 0.25) is 5.91 Å². The van der Waals surface area contributed by atoms with Gasteiger partial charge in [-0.3, -0.25) is 14.2 Å². The van der Waals surface area contributed by atoms with Gasteiger partial charge >= 0.3 is 5.97 Å². The fourth-order valence-electron chi connectivity index (χ4n) is 9.24. The molecule has 9 nitrogen and oxygen atoms in total. The van der Waals surface area contributed by atoms with Gasteiger partial charge in [0.15, 0.2) is 0 Å². The highest BCUT2D eigenvalue weighted by atomic mass is 31.2. The van der Waals surface area contributed by atoms with Crippen LogP contribution >= 0.6 is 7.82 Å². The van der Waals surface area contributed by atoms with E-state index >= 15 is 0 Å². The molecule has 0 aliphatic heterocycles. The smallest absolute Gasteiger partial charge is 0.306 e. The largest absolute Gasteiger partial charge is 0.756 e. The van der Waals surface area contributed by atoms with Crippen molar-refractivity contribution in [1.29, 1.82) is 0 Å². The molecule has 0 bridgehead atoms. The van der Waals surface area contributed by atoms with Crippen LogP contribution in [0.1, 0.15) is 297 Å². The van der Waals surface area contributed by atoms with E-state index in [1.807, 2.05) is 33.3 Å². The van der Waals surface area contributed by atoms with Crippen LogP contribution in [-0.4, -0.2) is 69.4 Å². The Balaban J connectivity index is 5.18. The van der Waals surface area contributed by atoms with E-state index in [0.717, 1.165) is 83.5 Å². The second-order valence-corrected chi connectivity index (χ2v) is 24.3. The van der Waals surface area contributed by atoms with Gasteiger partial charge in [0.1, 0.15) is 19.3 Å². The van der Waals surface area contributed by atoms with Gasteiger partial charge in [0, 0.05) is 12.8 Å². The van der Waals surface area contributed by atoms with Gasteiger partial charge in [-0.15, -0.1) is 0 Å². The van der Waals surface area contributed by atoms with Crippen LogP contribution in [0.25, 0.3) is 0 Å². The molecule has 0 radical (unpaired) electrons. The van der Waals surface area contributed by atoms with Crippen molar-refractivity contribution in [2.24, 2.45) is 0 Å². The predicted molar refractivity (Wildman–Crippen MR) is 325 cm³/mol. The topological polar surface area (TPSA) is 114 Å². The van der Waals surface area contributed by atoms with Crippen LogP contribution < -0.4 is 10.2 Å². The maximum absolute atomic E-state index is 13.6. The zero-order chi connectivity index (χ0) is 55.7. The van der Waals surface area contributed by atoms with Crippen molar-refractivity contribution in [3.63, 3.8) is 0 Å². The van der Waals surface area contributed by atoms with Crippen molar-refractivity contribution >= 4 is 19.7 Å². The zero-order valence-electron chi connectivity index (χ0n) is 50.7. The summed E-state index contributed by atoms with van der Waals surface area (Å²) in [6, 6.07) is -0.898. The Morgan fingerprint density at radius 1 is 0.474 bits per heavy atom. The fraction of sp³-hybridized carbons (Fsp3) is 0.818. The number of quaternary nitrogens is 1. The van der Waals surface area contributed by atoms with Gasteiger partial charge in [0.25, 0.3) is 7.82 Å². The molecule has 0 aromatic heterocycles. The summed E-state index contributed by atoms with van der Waals surface area (Å²) in [7, 11) is 1.17. The molecular formula is C66H123N2O7P. The maximum atomic E-state index is 13.6. The van der Waals surface area contributed by atoms with E-state index in [2.05, 4.69) is 74.7 Å². The second kappa shape index (κ2) is 56.0. The molecule has 0 saturated carbocycles. The molecule has 0 aromatic rings. The summed E-state index contributed by atoms with van der Waals surface area (Å²) >= 11 is 0. The summed E-state index contributed by atoms with van der Waals surface area (Å²) in [6.45, 7) is 6.73. The first-order chi connectivity index (χ1) is 36.9. The highest BCUT2D eigenvalue weighted by Crippen LogP contribution is 2.38. The third-order valence-corrected chi connectivity index (χ3v) is 15.1. The lowest BCUT2D eigenvalue weighted by Crippen LogP contribution is -2.47. The highest BCUT2D eigenvalue weighted by molar-refractivity contribution is 7.45. The van der Waals surface area contributed by atoms with Gasteiger partial charge in [0.05, 0.1) is 33.8 Å². The van der Waals surface area contributed by atoms with Gasteiger partial charge < -0.3 is 28.5 Å². The number of hydrogen-bond acceptors (Lipinski definition) is 7. The number of likely N-dealkylation sites (N-methyl/N-ethyl adjacent to an activating group) is 1. The molecule has 1 amide bonds. The van der Waals surface area contributed by atoms with E-state index in [1.165, 1.54) is 173 Å². The lowest BCUT2D eigenvalue weighted by Gasteiger charge is -2.30. The Morgan fingerprint density at radius 3 is 1.28 bits per heavy atom. The maximum Gasteiger partial charge on any atom is 0.306 e. The van der Waals surface area contributed by atoms with Gasteiger partial charge in [-0.1, -0.05) is 255 Å². The lowest BCUT2D eigenvalue weighted by atomic mass is 10.0. The zero-order valence-corrected chi connectivity index (χ0v) is 51.6. The third-order valence-electron chi connectivity index (χ3n) is 14.2. The van der Waals surface area contributed by atoms with Crippen LogP contribution in [0, 0.1) is 0 Å². The fourth-order valence-corrected chi connectivity index (χ4v) is 9.96. The number of carbonyl (C=O) groups excluding carboxylic acids is 2. The number of phosphoric acid groups is 1. The van der Waals surface area contributed by atoms with Crippen molar-refractivity contribution < 1.29 is 37.3 Å². The minimum absolute atomic E-state index is 0.0265. The van der Waals surface area contributed by atoms with Crippen LogP contribution in [0.15, 0.2) is 60.8 Å². The first-order valence-corrected chi connectivity index (χ1v) is 33.6. The average molecular weight is 1090 g/mol. The molecule has 0 heterocycles. The van der Waals surface area contributed by atoms with Crippen molar-refractivity contribution in [2.75, 3.05) is 40.9 Å². The molecule has 76 heavy (non-hydrogen) atoms. The summed E-state index contributed by atoms with van der Waals surface area (Å²) in [6.07, 6.45) is 70.5. The molecule has 0 saturated heterocycles. The van der Waals surface area contributed by atoms with E-state index in [1.54, 1.807) is 0 Å². The first kappa shape index (κ1) is 73.7. The van der Waals surface area contributed by atoms with Gasteiger partial charge in [-0.2, -0.15) is 0 Å². The average Bonchev–Trinajstić information content (AvgIpc) is 3.38. The number of nitrogens with one attached hydrogen (secondary N) is 1. The molecule has 0 fully saturated rings. The molecule has 0 aliphatic carbocycles. The van der Waals surface area contributed by atoms with Crippen molar-refractivity contribution in [3.8, 4) is 0 Å². The first-order valence-electron chi connectivity index (χ1n) is 32.1. The number of esters is 1. The molecule has 0 rings (SSSR count). The number of unbranched alkanes of at least 4 members (excludes halogenated alkanes) is 34. The minimum atomic E-state index is -4.70. The Kier molecular flexibility index (Phi) is 54.3. The van der Waals surface area contributed by atoms with Crippen molar-refractivity contribution in [2.45, 2.75) is 309 Å². The quantitative estimate of drug-likeness (QED) is 0.0212. The van der Waals surface area contributed by atoms with Gasteiger partial charge in [-0.05, 0) is 89.5 Å². The second-order valence-electron chi connectivity index (χ2n) is 22.9. The standard InChI is InChI=1S/C66H123N2O7P/c1-7-10-13-16-19-22-25-28-30-31-32-33-34-35-36-37-38-40-43-46-49-52-55-58-65(69)67-63(62-74-76(71,72)73-61-60-68(4,5)6)64(57-54-51-48-45-42-39-27-24-21-18-15-12-9-3)75-66(70)59-56-53-50-47-44-41-29-26-23-20-17-14-11-8-2/h11,14,20,23,28-30,41,54,57,63-64H,7-10,12-13,15-19,21-22,24-27,31-40,42-53,55-56,58-62H2,1-6H3,(H-,67,69,71,72)/b14-11+,23-20+,30-28+,41-29+,57-54-. The number of allylic oxidation sites excluding steroid dienone is 9.